The molecule has 2 fully saturated rings. The van der Waals surface area contributed by atoms with E-state index in [-0.39, 0.29) is 6.10 Å². The van der Waals surface area contributed by atoms with Crippen molar-refractivity contribution in [2.24, 2.45) is 5.92 Å². The number of anilines is 1. The molecule has 4 heterocycles. The van der Waals surface area contributed by atoms with E-state index in [1.807, 2.05) is 31.3 Å². The highest BCUT2D eigenvalue weighted by Crippen LogP contribution is 2.32. The second kappa shape index (κ2) is 7.03. The van der Waals surface area contributed by atoms with Crippen molar-refractivity contribution in [2.75, 3.05) is 18.0 Å². The van der Waals surface area contributed by atoms with Crippen LogP contribution in [0.2, 0.25) is 0 Å². The number of carboxylic acid groups (broad SMARTS) is 1. The lowest BCUT2D eigenvalue weighted by atomic mass is 9.90. The molecule has 2 aromatic rings. The van der Waals surface area contributed by atoms with Gasteiger partial charge in [-0.2, -0.15) is 5.10 Å². The molecule has 4 rings (SSSR count). The van der Waals surface area contributed by atoms with Crippen molar-refractivity contribution in [3.8, 4) is 5.82 Å². The first kappa shape index (κ1) is 17.0. The predicted molar refractivity (Wildman–Crippen MR) is 94.4 cm³/mol. The highest BCUT2D eigenvalue weighted by Gasteiger charge is 2.36. The molecule has 2 aromatic heterocycles. The van der Waals surface area contributed by atoms with Gasteiger partial charge in [0.15, 0.2) is 17.7 Å². The van der Waals surface area contributed by atoms with Gasteiger partial charge >= 0.3 is 5.97 Å². The average molecular weight is 357 g/mol. The van der Waals surface area contributed by atoms with E-state index in [1.54, 1.807) is 4.68 Å². The molecule has 0 saturated carbocycles. The molecule has 26 heavy (non-hydrogen) atoms. The molecule has 0 unspecified atom stereocenters. The summed E-state index contributed by atoms with van der Waals surface area (Å²) in [5, 5.41) is 22.0. The Labute approximate surface area is 151 Å². The van der Waals surface area contributed by atoms with Crippen LogP contribution in [0.25, 0.3) is 5.82 Å². The van der Waals surface area contributed by atoms with Crippen LogP contribution in [0.3, 0.4) is 0 Å². The van der Waals surface area contributed by atoms with Crippen LogP contribution >= 0.6 is 0 Å². The lowest BCUT2D eigenvalue weighted by Crippen LogP contribution is -2.38. The van der Waals surface area contributed by atoms with Gasteiger partial charge in [-0.3, -0.25) is 0 Å². The van der Waals surface area contributed by atoms with E-state index in [1.165, 1.54) is 0 Å². The number of rotatable bonds is 4. The van der Waals surface area contributed by atoms with E-state index in [0.29, 0.717) is 18.2 Å². The summed E-state index contributed by atoms with van der Waals surface area (Å²) in [6.07, 6.45) is 4.77. The number of ether oxygens (including phenoxy) is 1. The Hall–Kier alpha value is -2.48. The van der Waals surface area contributed by atoms with Crippen molar-refractivity contribution >= 4 is 11.8 Å². The summed E-state index contributed by atoms with van der Waals surface area (Å²) in [6.45, 7) is 3.71. The van der Waals surface area contributed by atoms with E-state index < -0.39 is 12.1 Å². The standard InChI is InChI=1S/C18H23N5O3/c1-12-6-11-23(21-12)17-5-4-16(19-20-17)22-9-7-13(8-10-22)14-2-3-15(26-14)18(24)25/h4-6,11,13-15H,2-3,7-10H2,1H3,(H,24,25)/t14-,15+/m0/s1. The minimum absolute atomic E-state index is 0.0785. The first-order valence-corrected chi connectivity index (χ1v) is 9.10. The molecule has 0 amide bonds. The van der Waals surface area contributed by atoms with Crippen LogP contribution in [0, 0.1) is 12.8 Å². The van der Waals surface area contributed by atoms with Crippen LogP contribution in [-0.2, 0) is 9.53 Å². The van der Waals surface area contributed by atoms with E-state index in [2.05, 4.69) is 20.2 Å². The van der Waals surface area contributed by atoms with Gasteiger partial charge in [0, 0.05) is 19.3 Å². The molecule has 8 heteroatoms. The zero-order chi connectivity index (χ0) is 18.1. The second-order valence-corrected chi connectivity index (χ2v) is 7.05. The van der Waals surface area contributed by atoms with E-state index >= 15 is 0 Å². The van der Waals surface area contributed by atoms with Crippen molar-refractivity contribution in [3.05, 3.63) is 30.1 Å². The Bertz CT molecular complexity index is 767. The first-order chi connectivity index (χ1) is 12.6. The third-order valence-corrected chi connectivity index (χ3v) is 5.31. The molecule has 2 saturated heterocycles. The molecule has 2 aliphatic heterocycles. The molecule has 1 N–H and O–H groups in total. The van der Waals surface area contributed by atoms with Gasteiger partial charge in [0.2, 0.25) is 0 Å². The van der Waals surface area contributed by atoms with Gasteiger partial charge in [0.05, 0.1) is 11.8 Å². The minimum Gasteiger partial charge on any atom is -0.479 e. The summed E-state index contributed by atoms with van der Waals surface area (Å²) in [6, 6.07) is 5.84. The van der Waals surface area contributed by atoms with Gasteiger partial charge in [-0.05, 0) is 56.7 Å². The van der Waals surface area contributed by atoms with E-state index in [0.717, 1.165) is 43.9 Å². The monoisotopic (exact) mass is 357 g/mol. The van der Waals surface area contributed by atoms with Gasteiger partial charge in [0.1, 0.15) is 0 Å². The molecule has 0 radical (unpaired) electrons. The topological polar surface area (TPSA) is 93.4 Å². The zero-order valence-electron chi connectivity index (χ0n) is 14.8. The number of carboxylic acids is 1. The number of nitrogens with zero attached hydrogens (tertiary/aromatic N) is 5. The third-order valence-electron chi connectivity index (χ3n) is 5.31. The normalized spacial score (nSPS) is 24.1. The first-order valence-electron chi connectivity index (χ1n) is 9.10. The summed E-state index contributed by atoms with van der Waals surface area (Å²) < 4.78 is 7.43. The minimum atomic E-state index is -0.840. The molecular weight excluding hydrogens is 334 g/mol. The van der Waals surface area contributed by atoms with Crippen LogP contribution in [0.1, 0.15) is 31.4 Å². The number of piperidine rings is 1. The highest BCUT2D eigenvalue weighted by atomic mass is 16.5. The zero-order valence-corrected chi connectivity index (χ0v) is 14.8. The fourth-order valence-corrected chi connectivity index (χ4v) is 3.84. The van der Waals surface area contributed by atoms with E-state index in [9.17, 15) is 4.79 Å². The Morgan fingerprint density at radius 2 is 1.85 bits per heavy atom. The molecule has 2 atom stereocenters. The van der Waals surface area contributed by atoms with Gasteiger partial charge in [-0.15, -0.1) is 10.2 Å². The van der Waals surface area contributed by atoms with Crippen molar-refractivity contribution in [1.29, 1.82) is 0 Å². The van der Waals surface area contributed by atoms with Crippen molar-refractivity contribution < 1.29 is 14.6 Å². The van der Waals surface area contributed by atoms with Crippen LogP contribution in [0.5, 0.6) is 0 Å². The van der Waals surface area contributed by atoms with Crippen LogP contribution in [0.15, 0.2) is 24.4 Å². The Balaban J connectivity index is 1.34. The van der Waals surface area contributed by atoms with Gasteiger partial charge in [-0.1, -0.05) is 0 Å². The number of hydrogen-bond acceptors (Lipinski definition) is 6. The second-order valence-electron chi connectivity index (χ2n) is 7.05. The summed E-state index contributed by atoms with van der Waals surface area (Å²) in [4.78, 5) is 13.3. The third kappa shape index (κ3) is 3.41. The van der Waals surface area contributed by atoms with Crippen LogP contribution < -0.4 is 4.90 Å². The molecule has 0 aliphatic carbocycles. The SMILES string of the molecule is Cc1ccn(-c2ccc(N3CCC([C@@H]4CC[C@H](C(=O)O)O4)CC3)nn2)n1. The Kier molecular flexibility index (Phi) is 4.58. The van der Waals surface area contributed by atoms with Crippen molar-refractivity contribution in [3.63, 3.8) is 0 Å². The smallest absolute Gasteiger partial charge is 0.332 e. The molecule has 0 bridgehead atoms. The van der Waals surface area contributed by atoms with Gasteiger partial charge in [0.25, 0.3) is 0 Å². The quantitative estimate of drug-likeness (QED) is 0.892. The maximum atomic E-state index is 11.0. The van der Waals surface area contributed by atoms with Crippen LogP contribution in [-0.4, -0.2) is 56.4 Å². The lowest BCUT2D eigenvalue weighted by molar-refractivity contribution is -0.150. The highest BCUT2D eigenvalue weighted by molar-refractivity contribution is 5.72. The summed E-state index contributed by atoms with van der Waals surface area (Å²) in [5.41, 5.74) is 0.942. The number of carbonyl (C=O) groups is 1. The molecular formula is C18H23N5O3. The fourth-order valence-electron chi connectivity index (χ4n) is 3.84. The summed E-state index contributed by atoms with van der Waals surface area (Å²) >= 11 is 0. The molecule has 2 aliphatic rings. The lowest BCUT2D eigenvalue weighted by Gasteiger charge is -2.35. The van der Waals surface area contributed by atoms with E-state index in [4.69, 9.17) is 9.84 Å². The number of aryl methyl sites for hydroxylation is 1. The Morgan fingerprint density at radius 3 is 2.42 bits per heavy atom. The summed E-state index contributed by atoms with van der Waals surface area (Å²) in [7, 11) is 0. The Morgan fingerprint density at radius 1 is 1.12 bits per heavy atom. The summed E-state index contributed by atoms with van der Waals surface area (Å²) in [5.74, 6) is 1.16. The fraction of sp³-hybridized carbons (Fsp3) is 0.556. The molecule has 0 aromatic carbocycles. The van der Waals surface area contributed by atoms with Gasteiger partial charge in [-0.25, -0.2) is 9.48 Å². The van der Waals surface area contributed by atoms with Gasteiger partial charge < -0.3 is 14.7 Å². The average Bonchev–Trinajstić information content (AvgIpc) is 3.31. The maximum absolute atomic E-state index is 11.0. The molecule has 8 nitrogen and oxygen atoms in total. The largest absolute Gasteiger partial charge is 0.479 e. The van der Waals surface area contributed by atoms with Crippen molar-refractivity contribution in [1.82, 2.24) is 20.0 Å². The number of aliphatic carboxylic acids is 1. The number of hydrogen-bond donors (Lipinski definition) is 1. The molecule has 138 valence electrons. The maximum Gasteiger partial charge on any atom is 0.332 e. The molecule has 0 spiro atoms. The van der Waals surface area contributed by atoms with Crippen LogP contribution in [0.4, 0.5) is 5.82 Å². The number of aromatic nitrogens is 4. The predicted octanol–water partition coefficient (Wildman–Crippen LogP) is 1.82. The van der Waals surface area contributed by atoms with Crippen molar-refractivity contribution in [2.45, 2.75) is 44.8 Å².